The monoisotopic (exact) mass is 287 g/mol. The molecule has 2 aliphatic heterocycles. The number of carbonyl (C=O) groups is 2. The number of benzene rings is 1. The minimum absolute atomic E-state index is 0.00907. The van der Waals surface area contributed by atoms with Gasteiger partial charge in [-0.2, -0.15) is 0 Å². The van der Waals surface area contributed by atoms with Crippen LogP contribution in [-0.2, 0) is 9.59 Å². The minimum Gasteiger partial charge on any atom is -0.343 e. The summed E-state index contributed by atoms with van der Waals surface area (Å²) >= 11 is 0. The summed E-state index contributed by atoms with van der Waals surface area (Å²) in [5.74, 6) is -0.0539. The van der Waals surface area contributed by atoms with Crippen LogP contribution in [0.3, 0.4) is 0 Å². The molecule has 0 aromatic heterocycles. The normalized spacial score (nSPS) is 25.4. The fraction of sp³-hybridized carbons (Fsp3) is 0.500. The number of hydrogen-bond acceptors (Lipinski definition) is 3. The summed E-state index contributed by atoms with van der Waals surface area (Å²) in [6, 6.07) is 7.38. The second-order valence-corrected chi connectivity index (χ2v) is 5.82. The Hall–Kier alpha value is -1.88. The van der Waals surface area contributed by atoms with Crippen LogP contribution in [0.1, 0.15) is 24.8 Å². The summed E-state index contributed by atoms with van der Waals surface area (Å²) in [6.45, 7) is 3.56. The first kappa shape index (κ1) is 14.1. The van der Waals surface area contributed by atoms with E-state index in [2.05, 4.69) is 10.6 Å². The molecule has 2 amide bonds. The van der Waals surface area contributed by atoms with E-state index in [0.29, 0.717) is 13.0 Å². The maximum Gasteiger partial charge on any atom is 0.249 e. The van der Waals surface area contributed by atoms with Gasteiger partial charge in [-0.1, -0.05) is 17.7 Å². The highest BCUT2D eigenvalue weighted by Gasteiger charge is 2.35. The van der Waals surface area contributed by atoms with E-state index < -0.39 is 0 Å². The minimum atomic E-state index is -0.388. The van der Waals surface area contributed by atoms with Crippen molar-refractivity contribution >= 4 is 17.5 Å². The van der Waals surface area contributed by atoms with Crippen molar-refractivity contribution in [1.29, 1.82) is 0 Å². The molecule has 1 aromatic rings. The largest absolute Gasteiger partial charge is 0.343 e. The number of hydrogen-bond donors (Lipinski definition) is 2. The van der Waals surface area contributed by atoms with Gasteiger partial charge in [0.05, 0.1) is 6.04 Å². The highest BCUT2D eigenvalue weighted by Crippen LogP contribution is 2.22. The van der Waals surface area contributed by atoms with Crippen molar-refractivity contribution < 1.29 is 9.59 Å². The lowest BCUT2D eigenvalue weighted by Crippen LogP contribution is -2.48. The van der Waals surface area contributed by atoms with Gasteiger partial charge in [-0.3, -0.25) is 9.59 Å². The van der Waals surface area contributed by atoms with Crippen LogP contribution in [0.25, 0.3) is 0 Å². The number of nitrogens with zero attached hydrogens (tertiary/aromatic N) is 1. The van der Waals surface area contributed by atoms with Gasteiger partial charge in [0.2, 0.25) is 11.8 Å². The van der Waals surface area contributed by atoms with E-state index in [9.17, 15) is 9.59 Å². The Bertz CT molecular complexity index is 535. The van der Waals surface area contributed by atoms with Crippen LogP contribution in [0.2, 0.25) is 0 Å². The van der Waals surface area contributed by atoms with Gasteiger partial charge in [-0.05, 0) is 44.9 Å². The zero-order valence-electron chi connectivity index (χ0n) is 12.3. The van der Waals surface area contributed by atoms with Crippen LogP contribution in [0.5, 0.6) is 0 Å². The number of nitrogens with one attached hydrogen (secondary N) is 2. The van der Waals surface area contributed by atoms with Crippen molar-refractivity contribution in [3.8, 4) is 0 Å². The van der Waals surface area contributed by atoms with E-state index in [1.54, 1.807) is 4.90 Å². The summed E-state index contributed by atoms with van der Waals surface area (Å²) in [6.07, 6.45) is 2.55. The maximum absolute atomic E-state index is 12.4. The third kappa shape index (κ3) is 2.93. The first-order chi connectivity index (χ1) is 10.1. The third-order valence-electron chi connectivity index (χ3n) is 4.24. The average molecular weight is 287 g/mol. The summed E-state index contributed by atoms with van der Waals surface area (Å²) in [4.78, 5) is 26.3. The zero-order chi connectivity index (χ0) is 14.8. The summed E-state index contributed by atoms with van der Waals surface area (Å²) < 4.78 is 0. The molecule has 2 unspecified atom stereocenters. The molecule has 0 saturated carbocycles. The second-order valence-electron chi connectivity index (χ2n) is 5.82. The number of rotatable bonds is 3. The molecular formula is C16H21N3O2. The SMILES string of the molecule is Cc1ccc(N2CCC(NC(=O)C3CCCN3)C2=O)cc1. The Morgan fingerprint density at radius 2 is 2.05 bits per heavy atom. The highest BCUT2D eigenvalue weighted by atomic mass is 16.2. The Morgan fingerprint density at radius 3 is 2.71 bits per heavy atom. The average Bonchev–Trinajstić information content (AvgIpc) is 3.11. The quantitative estimate of drug-likeness (QED) is 0.871. The van der Waals surface area contributed by atoms with Crippen LogP contribution < -0.4 is 15.5 Å². The first-order valence-corrected chi connectivity index (χ1v) is 7.57. The summed E-state index contributed by atoms with van der Waals surface area (Å²) in [5.41, 5.74) is 2.07. The van der Waals surface area contributed by atoms with Gasteiger partial charge in [0.15, 0.2) is 0 Å². The fourth-order valence-electron chi connectivity index (χ4n) is 2.98. The third-order valence-corrected chi connectivity index (χ3v) is 4.24. The fourth-order valence-corrected chi connectivity index (χ4v) is 2.98. The maximum atomic E-state index is 12.4. The molecule has 5 nitrogen and oxygen atoms in total. The predicted octanol–water partition coefficient (Wildman–Crippen LogP) is 0.969. The highest BCUT2D eigenvalue weighted by molar-refractivity contribution is 6.01. The molecule has 0 aliphatic carbocycles. The molecule has 1 aromatic carbocycles. The van der Waals surface area contributed by atoms with Crippen LogP contribution in [0.4, 0.5) is 5.69 Å². The van der Waals surface area contributed by atoms with Crippen molar-refractivity contribution in [3.05, 3.63) is 29.8 Å². The molecular weight excluding hydrogens is 266 g/mol. The standard InChI is InChI=1S/C16H21N3O2/c1-11-4-6-12(7-5-11)19-10-8-14(16(19)21)18-15(20)13-3-2-9-17-13/h4-7,13-14,17H,2-3,8-10H2,1H3,(H,18,20). The van der Waals surface area contributed by atoms with Gasteiger partial charge in [-0.25, -0.2) is 0 Å². The predicted molar refractivity (Wildman–Crippen MR) is 81.1 cm³/mol. The van der Waals surface area contributed by atoms with Gasteiger partial charge >= 0.3 is 0 Å². The van der Waals surface area contributed by atoms with E-state index in [0.717, 1.165) is 25.1 Å². The van der Waals surface area contributed by atoms with Gasteiger partial charge in [0.25, 0.3) is 0 Å². The lowest BCUT2D eigenvalue weighted by atomic mass is 10.2. The number of amides is 2. The molecule has 2 saturated heterocycles. The van der Waals surface area contributed by atoms with E-state index in [1.165, 1.54) is 5.56 Å². The van der Waals surface area contributed by atoms with Crippen LogP contribution in [0.15, 0.2) is 24.3 Å². The van der Waals surface area contributed by atoms with Crippen molar-refractivity contribution in [3.63, 3.8) is 0 Å². The molecule has 3 rings (SSSR count). The molecule has 0 bridgehead atoms. The molecule has 21 heavy (non-hydrogen) atoms. The Balaban J connectivity index is 1.63. The molecule has 2 N–H and O–H groups in total. The van der Waals surface area contributed by atoms with Crippen molar-refractivity contribution in [1.82, 2.24) is 10.6 Å². The number of carbonyl (C=O) groups excluding carboxylic acids is 2. The lowest BCUT2D eigenvalue weighted by Gasteiger charge is -2.18. The molecule has 2 aliphatic rings. The van der Waals surface area contributed by atoms with Crippen molar-refractivity contribution in [2.45, 2.75) is 38.3 Å². The summed E-state index contributed by atoms with van der Waals surface area (Å²) in [5, 5.41) is 6.05. The van der Waals surface area contributed by atoms with Gasteiger partial charge < -0.3 is 15.5 Å². The molecule has 0 radical (unpaired) electrons. The Kier molecular flexibility index (Phi) is 3.92. The van der Waals surface area contributed by atoms with Crippen LogP contribution >= 0.6 is 0 Å². The molecule has 2 atom stereocenters. The molecule has 0 spiro atoms. The topological polar surface area (TPSA) is 61.4 Å². The van der Waals surface area contributed by atoms with Crippen molar-refractivity contribution in [2.24, 2.45) is 0 Å². The molecule has 2 fully saturated rings. The van der Waals surface area contributed by atoms with E-state index in [4.69, 9.17) is 0 Å². The summed E-state index contributed by atoms with van der Waals surface area (Å²) in [7, 11) is 0. The lowest BCUT2D eigenvalue weighted by molar-refractivity contribution is -0.127. The van der Waals surface area contributed by atoms with Gasteiger partial charge in [0, 0.05) is 12.2 Å². The van der Waals surface area contributed by atoms with Crippen LogP contribution in [-0.4, -0.2) is 37.0 Å². The Morgan fingerprint density at radius 1 is 1.29 bits per heavy atom. The second kappa shape index (κ2) is 5.85. The first-order valence-electron chi connectivity index (χ1n) is 7.57. The molecule has 5 heteroatoms. The number of aryl methyl sites for hydroxylation is 1. The van der Waals surface area contributed by atoms with Crippen LogP contribution in [0, 0.1) is 6.92 Å². The van der Waals surface area contributed by atoms with E-state index in [-0.39, 0.29) is 23.9 Å². The Labute approximate surface area is 124 Å². The number of anilines is 1. The smallest absolute Gasteiger partial charge is 0.249 e. The van der Waals surface area contributed by atoms with Gasteiger partial charge in [-0.15, -0.1) is 0 Å². The zero-order valence-corrected chi connectivity index (χ0v) is 12.3. The molecule has 112 valence electrons. The van der Waals surface area contributed by atoms with Gasteiger partial charge in [0.1, 0.15) is 6.04 Å². The molecule has 2 heterocycles. The van der Waals surface area contributed by atoms with Crippen molar-refractivity contribution in [2.75, 3.05) is 18.0 Å². The van der Waals surface area contributed by atoms with E-state index >= 15 is 0 Å². The van der Waals surface area contributed by atoms with E-state index in [1.807, 2.05) is 31.2 Å².